The predicted octanol–water partition coefficient (Wildman–Crippen LogP) is 4.19. The number of hydrogen-bond donors (Lipinski definition) is 2. The van der Waals surface area contributed by atoms with Crippen molar-refractivity contribution >= 4 is 15.9 Å². The highest BCUT2D eigenvalue weighted by Gasteiger charge is 2.77. The molecule has 7 nitrogen and oxygen atoms in total. The fourth-order valence-electron chi connectivity index (χ4n) is 8.25. The number of alkyl halides is 3. The summed E-state index contributed by atoms with van der Waals surface area (Å²) in [4.78, 5) is 12.6. The smallest absolute Gasteiger partial charge is 0.340 e. The molecular formula is C26H35F3N4O3S. The van der Waals surface area contributed by atoms with Gasteiger partial charge in [-0.1, -0.05) is 0 Å². The van der Waals surface area contributed by atoms with E-state index >= 15 is 0 Å². The molecule has 6 atom stereocenters. The van der Waals surface area contributed by atoms with Crippen LogP contribution in [0.1, 0.15) is 70.8 Å². The molecule has 4 aliphatic carbocycles. The molecule has 5 fully saturated rings. The molecular weight excluding hydrogens is 505 g/mol. The minimum absolute atomic E-state index is 0.0519. The number of carbonyl (C=O) groups is 1. The lowest BCUT2D eigenvalue weighted by atomic mass is 9.51. The normalized spacial score (nSPS) is 37.1. The second-order valence-corrected chi connectivity index (χ2v) is 13.4. The first-order chi connectivity index (χ1) is 17.2. The Bertz CT molecular complexity index is 1170. The number of halogens is 3. The second-order valence-electron chi connectivity index (χ2n) is 11.7. The predicted molar refractivity (Wildman–Crippen MR) is 131 cm³/mol. The number of rotatable bonds is 3. The van der Waals surface area contributed by atoms with Crippen LogP contribution < -0.4 is 10.5 Å². The molecule has 204 valence electrons. The van der Waals surface area contributed by atoms with Crippen molar-refractivity contribution in [3.63, 3.8) is 0 Å². The molecule has 37 heavy (non-hydrogen) atoms. The van der Waals surface area contributed by atoms with E-state index in [-0.39, 0.29) is 21.8 Å². The van der Waals surface area contributed by atoms with Crippen molar-refractivity contribution in [2.45, 2.75) is 93.4 Å². The van der Waals surface area contributed by atoms with Gasteiger partial charge in [0.25, 0.3) is 0 Å². The summed E-state index contributed by atoms with van der Waals surface area (Å²) < 4.78 is 66.9. The Morgan fingerprint density at radius 3 is 2.30 bits per heavy atom. The van der Waals surface area contributed by atoms with E-state index in [9.17, 15) is 26.4 Å². The van der Waals surface area contributed by atoms with Crippen LogP contribution in [0.2, 0.25) is 0 Å². The molecule has 1 amide bonds. The molecule has 11 heteroatoms. The molecule has 1 heterocycles. The molecule has 1 aromatic rings. The monoisotopic (exact) mass is 540 g/mol. The van der Waals surface area contributed by atoms with E-state index < -0.39 is 27.3 Å². The van der Waals surface area contributed by atoms with Gasteiger partial charge in [0.15, 0.2) is 0 Å². The molecule has 4 saturated carbocycles. The SMILES string of the molecule is C#N.CC(=O)N1CCC[C@H]1C.NC12CC3CC4(NS(=O)(=O)c5ccc(C(F)(F)F)cc5)CC(C1)C4(C3)C2. The summed E-state index contributed by atoms with van der Waals surface area (Å²) in [5, 5.41) is 6.50. The number of sulfonamides is 1. The number of amides is 1. The Morgan fingerprint density at radius 2 is 1.78 bits per heavy atom. The topological polar surface area (TPSA) is 116 Å². The maximum atomic E-state index is 12.9. The van der Waals surface area contributed by atoms with Gasteiger partial charge in [-0.05, 0) is 99.8 Å². The highest BCUT2D eigenvalue weighted by atomic mass is 32.2. The first-order valence-corrected chi connectivity index (χ1v) is 14.2. The van der Waals surface area contributed by atoms with E-state index in [1.54, 1.807) is 6.92 Å². The number of nitriles is 1. The second kappa shape index (κ2) is 9.24. The third-order valence-corrected chi connectivity index (χ3v) is 11.0. The first-order valence-electron chi connectivity index (χ1n) is 12.7. The first kappa shape index (κ1) is 27.9. The Kier molecular flexibility index (Phi) is 6.96. The van der Waals surface area contributed by atoms with Crippen LogP contribution >= 0.6 is 0 Å². The third kappa shape index (κ3) is 4.66. The highest BCUT2D eigenvalue weighted by Crippen LogP contribution is 2.77. The van der Waals surface area contributed by atoms with Crippen molar-refractivity contribution in [1.29, 1.82) is 5.26 Å². The highest BCUT2D eigenvalue weighted by molar-refractivity contribution is 7.89. The fraction of sp³-hybridized carbons (Fsp3) is 0.692. The molecule has 5 unspecified atom stereocenters. The summed E-state index contributed by atoms with van der Waals surface area (Å²) >= 11 is 0. The van der Waals surface area contributed by atoms with E-state index in [1.165, 1.54) is 12.8 Å². The fourth-order valence-corrected chi connectivity index (χ4v) is 9.75. The average molecular weight is 541 g/mol. The number of nitrogens with one attached hydrogen (secondary N) is 1. The third-order valence-electron chi connectivity index (χ3n) is 9.41. The van der Waals surface area contributed by atoms with Gasteiger partial charge in [-0.3, -0.25) is 4.79 Å². The number of carbonyl (C=O) groups excluding carboxylic acids is 1. The standard InChI is InChI=1S/C18H21F3N2O2S.C7H13NO.CHN/c19-18(20,21)12-1-3-14(4-2-12)26(24,25)23-17-7-11-5-15(22)8-13(9-17)16(17,6-11)10-15;1-6-4-3-5-8(6)7(2)9;1-2/h1-4,11,13,23H,5-10,22H2;6H,3-5H2,1-2H3;1H/t;6-;/m.1./s1. The molecule has 3 bridgehead atoms. The van der Waals surface area contributed by atoms with Gasteiger partial charge < -0.3 is 10.6 Å². The molecule has 0 radical (unpaired) electrons. The number of nitrogens with two attached hydrogens (primary N) is 1. The van der Waals surface area contributed by atoms with Gasteiger partial charge >= 0.3 is 6.18 Å². The van der Waals surface area contributed by atoms with Crippen molar-refractivity contribution in [3.05, 3.63) is 29.8 Å². The van der Waals surface area contributed by atoms with E-state index in [2.05, 4.69) is 18.2 Å². The molecule has 5 aliphatic rings. The lowest BCUT2D eigenvalue weighted by Gasteiger charge is -2.58. The van der Waals surface area contributed by atoms with Crippen LogP contribution in [0, 0.1) is 29.1 Å². The summed E-state index contributed by atoms with van der Waals surface area (Å²) in [7, 11) is -3.87. The van der Waals surface area contributed by atoms with Crippen molar-refractivity contribution < 1.29 is 26.4 Å². The number of nitrogens with zero attached hydrogens (tertiary/aromatic N) is 2. The maximum Gasteiger partial charge on any atom is 0.416 e. The van der Waals surface area contributed by atoms with Crippen molar-refractivity contribution in [2.24, 2.45) is 23.0 Å². The van der Waals surface area contributed by atoms with Gasteiger partial charge in [0, 0.05) is 37.2 Å². The summed E-state index contributed by atoms with van der Waals surface area (Å²) in [6.45, 7) is 8.22. The number of benzene rings is 1. The van der Waals surface area contributed by atoms with Gasteiger partial charge in [-0.2, -0.15) is 13.2 Å². The molecule has 1 spiro atoms. The van der Waals surface area contributed by atoms with Crippen LogP contribution in [-0.2, 0) is 21.0 Å². The van der Waals surface area contributed by atoms with E-state index in [4.69, 9.17) is 11.0 Å². The van der Waals surface area contributed by atoms with Gasteiger partial charge in [-0.15, -0.1) is 0 Å². The summed E-state index contributed by atoms with van der Waals surface area (Å²) in [5.74, 6) is 1.13. The Balaban J connectivity index is 0.000000246. The average Bonchev–Trinajstić information content (AvgIpc) is 3.37. The van der Waals surface area contributed by atoms with Gasteiger partial charge in [0.1, 0.15) is 0 Å². The molecule has 1 aromatic carbocycles. The van der Waals surface area contributed by atoms with Crippen LogP contribution in [0.4, 0.5) is 13.2 Å². The van der Waals surface area contributed by atoms with Crippen LogP contribution in [0.5, 0.6) is 0 Å². The van der Waals surface area contributed by atoms with E-state index in [1.807, 2.05) is 4.90 Å². The van der Waals surface area contributed by atoms with Crippen molar-refractivity contribution in [2.75, 3.05) is 6.54 Å². The number of fused-ring (bicyclic) bond motifs is 2. The van der Waals surface area contributed by atoms with E-state index in [0.717, 1.165) is 69.3 Å². The maximum absolute atomic E-state index is 12.9. The Hall–Kier alpha value is -2.16. The number of likely N-dealkylation sites (tertiary alicyclic amines) is 1. The minimum atomic E-state index is -4.48. The molecule has 1 aliphatic heterocycles. The lowest BCUT2D eigenvalue weighted by Crippen LogP contribution is -2.67. The Morgan fingerprint density at radius 1 is 1.14 bits per heavy atom. The van der Waals surface area contributed by atoms with Crippen molar-refractivity contribution in [3.8, 4) is 6.57 Å². The zero-order valence-corrected chi connectivity index (χ0v) is 22.0. The molecule has 1 saturated heterocycles. The van der Waals surface area contributed by atoms with Gasteiger partial charge in [0.05, 0.1) is 10.5 Å². The Labute approximate surface area is 216 Å². The molecule has 3 N–H and O–H groups in total. The molecule has 6 rings (SSSR count). The van der Waals surface area contributed by atoms with Crippen LogP contribution in [0.15, 0.2) is 29.2 Å². The van der Waals surface area contributed by atoms with Gasteiger partial charge in [0.2, 0.25) is 15.9 Å². The van der Waals surface area contributed by atoms with Crippen LogP contribution in [-0.4, -0.2) is 42.9 Å². The van der Waals surface area contributed by atoms with E-state index in [0.29, 0.717) is 17.9 Å². The summed E-state index contributed by atoms with van der Waals surface area (Å²) in [6, 6.07) is 4.21. The van der Waals surface area contributed by atoms with Gasteiger partial charge in [-0.25, -0.2) is 18.4 Å². The summed E-state index contributed by atoms with van der Waals surface area (Å²) in [6.07, 6.45) is 3.27. The van der Waals surface area contributed by atoms with Crippen LogP contribution in [0.25, 0.3) is 0 Å². The zero-order chi connectivity index (χ0) is 27.4. The largest absolute Gasteiger partial charge is 0.416 e. The quantitative estimate of drug-likeness (QED) is 0.596. The number of hydrogen-bond acceptors (Lipinski definition) is 5. The van der Waals surface area contributed by atoms with Crippen LogP contribution in [0.3, 0.4) is 0 Å². The molecule has 0 aromatic heterocycles. The summed E-state index contributed by atoms with van der Waals surface area (Å²) in [5.41, 5.74) is 5.01. The van der Waals surface area contributed by atoms with Crippen molar-refractivity contribution in [1.82, 2.24) is 9.62 Å². The lowest BCUT2D eigenvalue weighted by molar-refractivity contribution is -0.137. The minimum Gasteiger partial charge on any atom is -0.340 e. The zero-order valence-electron chi connectivity index (χ0n) is 21.2.